The first kappa shape index (κ1) is 13.6. The Balaban J connectivity index is 2.02. The maximum atomic E-state index is 13.1. The van der Waals surface area contributed by atoms with Gasteiger partial charge in [0.25, 0.3) is 0 Å². The van der Waals surface area contributed by atoms with Crippen molar-refractivity contribution in [3.63, 3.8) is 0 Å². The molecular weight excluding hydrogens is 267 g/mol. The molecule has 2 aromatic carbocycles. The van der Waals surface area contributed by atoms with Crippen molar-refractivity contribution in [2.75, 3.05) is 6.61 Å². The zero-order valence-corrected chi connectivity index (χ0v) is 11.1. The van der Waals surface area contributed by atoms with Crippen LogP contribution >= 0.6 is 11.6 Å². The van der Waals surface area contributed by atoms with Crippen molar-refractivity contribution in [3.8, 4) is 5.75 Å². The third-order valence-electron chi connectivity index (χ3n) is 2.65. The van der Waals surface area contributed by atoms with Gasteiger partial charge in [0.05, 0.1) is 0 Å². The van der Waals surface area contributed by atoms with Crippen molar-refractivity contribution in [2.45, 2.75) is 6.92 Å². The first-order chi connectivity index (χ1) is 9.06. The highest BCUT2D eigenvalue weighted by Crippen LogP contribution is 2.17. The Hall–Kier alpha value is -1.87. The van der Waals surface area contributed by atoms with Crippen molar-refractivity contribution in [2.24, 2.45) is 0 Å². The van der Waals surface area contributed by atoms with Crippen LogP contribution in [-0.4, -0.2) is 12.4 Å². The number of benzene rings is 2. The molecule has 0 spiro atoms. The van der Waals surface area contributed by atoms with Crippen LogP contribution in [0.15, 0.2) is 42.5 Å². The van der Waals surface area contributed by atoms with E-state index >= 15 is 0 Å². The maximum absolute atomic E-state index is 13.1. The van der Waals surface area contributed by atoms with Crippen molar-refractivity contribution in [3.05, 3.63) is 64.4 Å². The predicted molar refractivity (Wildman–Crippen MR) is 72.4 cm³/mol. The normalized spacial score (nSPS) is 10.3. The van der Waals surface area contributed by atoms with Gasteiger partial charge in [-0.3, -0.25) is 4.79 Å². The lowest BCUT2D eigenvalue weighted by Crippen LogP contribution is -2.11. The average molecular weight is 279 g/mol. The molecule has 2 nitrogen and oxygen atoms in total. The molecule has 0 unspecified atom stereocenters. The molecule has 0 radical (unpaired) electrons. The summed E-state index contributed by atoms with van der Waals surface area (Å²) in [6, 6.07) is 11.0. The van der Waals surface area contributed by atoms with Crippen molar-refractivity contribution >= 4 is 17.4 Å². The Morgan fingerprint density at radius 3 is 2.74 bits per heavy atom. The third-order valence-corrected chi connectivity index (χ3v) is 2.88. The summed E-state index contributed by atoms with van der Waals surface area (Å²) in [5.74, 6) is -0.00715. The van der Waals surface area contributed by atoms with Gasteiger partial charge < -0.3 is 4.74 Å². The summed E-state index contributed by atoms with van der Waals surface area (Å²) in [5, 5.41) is 0.503. The molecule has 0 atom stereocenters. The largest absolute Gasteiger partial charge is 0.485 e. The molecule has 19 heavy (non-hydrogen) atoms. The fourth-order valence-corrected chi connectivity index (χ4v) is 1.79. The summed E-state index contributed by atoms with van der Waals surface area (Å²) in [6.07, 6.45) is 0. The topological polar surface area (TPSA) is 26.3 Å². The smallest absolute Gasteiger partial charge is 0.200 e. The molecule has 4 heteroatoms. The van der Waals surface area contributed by atoms with Gasteiger partial charge in [0, 0.05) is 10.6 Å². The molecule has 2 rings (SSSR count). The lowest BCUT2D eigenvalue weighted by atomic mass is 10.1. The second kappa shape index (κ2) is 5.85. The van der Waals surface area contributed by atoms with Gasteiger partial charge in [-0.2, -0.15) is 0 Å². The van der Waals surface area contributed by atoms with Crippen LogP contribution in [0.4, 0.5) is 4.39 Å². The molecule has 0 aliphatic heterocycles. The maximum Gasteiger partial charge on any atom is 0.200 e. The zero-order chi connectivity index (χ0) is 13.8. The fraction of sp³-hybridized carbons (Fsp3) is 0.133. The number of hydrogen-bond donors (Lipinski definition) is 0. The Bertz CT molecular complexity index is 611. The van der Waals surface area contributed by atoms with Crippen molar-refractivity contribution in [1.29, 1.82) is 0 Å². The second-order valence-corrected chi connectivity index (χ2v) is 4.57. The standard InChI is InChI=1S/C15H12ClFO2/c1-10-7-13(5-6-14(10)17)19-9-15(18)11-3-2-4-12(16)8-11/h2-8H,9H2,1H3. The quantitative estimate of drug-likeness (QED) is 0.789. The Kier molecular flexibility index (Phi) is 4.17. The van der Waals surface area contributed by atoms with Crippen LogP contribution in [0.1, 0.15) is 15.9 Å². The van der Waals surface area contributed by atoms with Crippen LogP contribution in [0, 0.1) is 12.7 Å². The van der Waals surface area contributed by atoms with Gasteiger partial charge in [-0.1, -0.05) is 23.7 Å². The number of ketones is 1. The number of rotatable bonds is 4. The van der Waals surface area contributed by atoms with Crippen LogP contribution in [0.5, 0.6) is 5.75 Å². The van der Waals surface area contributed by atoms with E-state index in [1.807, 2.05) is 0 Å². The first-order valence-corrected chi connectivity index (χ1v) is 6.12. The molecule has 0 heterocycles. The summed E-state index contributed by atoms with van der Waals surface area (Å²) in [5.41, 5.74) is 0.971. The highest BCUT2D eigenvalue weighted by molar-refractivity contribution is 6.31. The van der Waals surface area contributed by atoms with E-state index in [1.54, 1.807) is 37.3 Å². The van der Waals surface area contributed by atoms with Gasteiger partial charge >= 0.3 is 0 Å². The summed E-state index contributed by atoms with van der Waals surface area (Å²) >= 11 is 5.81. The van der Waals surface area contributed by atoms with Crippen LogP contribution in [0.2, 0.25) is 5.02 Å². The van der Waals surface area contributed by atoms with E-state index in [-0.39, 0.29) is 18.2 Å². The fourth-order valence-electron chi connectivity index (χ4n) is 1.60. The molecular formula is C15H12ClFO2. The third kappa shape index (κ3) is 3.55. The Morgan fingerprint density at radius 2 is 2.05 bits per heavy atom. The minimum atomic E-state index is -0.298. The number of Topliss-reactive ketones (excluding diaryl/α,β-unsaturated/α-hetero) is 1. The molecule has 0 bridgehead atoms. The number of halogens is 2. The van der Waals surface area contributed by atoms with E-state index in [0.29, 0.717) is 21.9 Å². The molecule has 0 amide bonds. The van der Waals surface area contributed by atoms with Crippen molar-refractivity contribution < 1.29 is 13.9 Å². The summed E-state index contributed by atoms with van der Waals surface area (Å²) in [4.78, 5) is 11.9. The molecule has 0 N–H and O–H groups in total. The van der Waals surface area contributed by atoms with Gasteiger partial charge in [-0.25, -0.2) is 4.39 Å². The van der Waals surface area contributed by atoms with E-state index in [2.05, 4.69) is 0 Å². The van der Waals surface area contributed by atoms with Gasteiger partial charge in [0.15, 0.2) is 12.4 Å². The van der Waals surface area contributed by atoms with E-state index in [1.165, 1.54) is 12.1 Å². The summed E-state index contributed by atoms with van der Waals surface area (Å²) in [6.45, 7) is 1.53. The predicted octanol–water partition coefficient (Wildman–Crippen LogP) is 4.05. The number of aryl methyl sites for hydroxylation is 1. The van der Waals surface area contributed by atoms with Gasteiger partial charge in [0.1, 0.15) is 11.6 Å². The van der Waals surface area contributed by atoms with Gasteiger partial charge in [-0.15, -0.1) is 0 Å². The SMILES string of the molecule is Cc1cc(OCC(=O)c2cccc(Cl)c2)ccc1F. The zero-order valence-electron chi connectivity index (χ0n) is 10.3. The highest BCUT2D eigenvalue weighted by atomic mass is 35.5. The van der Waals surface area contributed by atoms with E-state index in [4.69, 9.17) is 16.3 Å². The van der Waals surface area contributed by atoms with E-state index in [9.17, 15) is 9.18 Å². The summed E-state index contributed by atoms with van der Waals surface area (Å²) < 4.78 is 18.4. The van der Waals surface area contributed by atoms with Crippen LogP contribution in [0.25, 0.3) is 0 Å². The van der Waals surface area contributed by atoms with Crippen molar-refractivity contribution in [1.82, 2.24) is 0 Å². The molecule has 0 aliphatic carbocycles. The minimum absolute atomic E-state index is 0.106. The molecule has 2 aromatic rings. The molecule has 0 saturated carbocycles. The Morgan fingerprint density at radius 1 is 1.26 bits per heavy atom. The number of hydrogen-bond acceptors (Lipinski definition) is 2. The lowest BCUT2D eigenvalue weighted by Gasteiger charge is -2.07. The molecule has 0 aromatic heterocycles. The van der Waals surface area contributed by atoms with E-state index in [0.717, 1.165) is 0 Å². The molecule has 0 saturated heterocycles. The van der Waals surface area contributed by atoms with Gasteiger partial charge in [0.2, 0.25) is 0 Å². The average Bonchev–Trinajstić information content (AvgIpc) is 2.40. The van der Waals surface area contributed by atoms with Crippen LogP contribution in [-0.2, 0) is 0 Å². The monoisotopic (exact) mass is 278 g/mol. The second-order valence-electron chi connectivity index (χ2n) is 4.13. The number of ether oxygens (including phenoxy) is 1. The van der Waals surface area contributed by atoms with Crippen LogP contribution in [0.3, 0.4) is 0 Å². The van der Waals surface area contributed by atoms with Crippen LogP contribution < -0.4 is 4.74 Å². The van der Waals surface area contributed by atoms with Gasteiger partial charge in [-0.05, 0) is 42.8 Å². The summed E-state index contributed by atoms with van der Waals surface area (Å²) in [7, 11) is 0. The minimum Gasteiger partial charge on any atom is -0.485 e. The van der Waals surface area contributed by atoms with E-state index < -0.39 is 0 Å². The molecule has 0 fully saturated rings. The molecule has 0 aliphatic rings. The highest BCUT2D eigenvalue weighted by Gasteiger charge is 2.08. The molecule has 98 valence electrons. The number of carbonyl (C=O) groups excluding carboxylic acids is 1. The first-order valence-electron chi connectivity index (χ1n) is 5.74. The number of carbonyl (C=O) groups is 1. The lowest BCUT2D eigenvalue weighted by molar-refractivity contribution is 0.0921. The Labute approximate surface area is 115 Å².